The van der Waals surface area contributed by atoms with Crippen molar-refractivity contribution in [3.63, 3.8) is 0 Å². The number of nitrogens with one attached hydrogen (secondary N) is 1. The summed E-state index contributed by atoms with van der Waals surface area (Å²) in [5, 5.41) is 12.4. The van der Waals surface area contributed by atoms with E-state index < -0.39 is 6.10 Å². The molecular formula is C16H20ClFNO2S+. The second-order valence-corrected chi connectivity index (χ2v) is 6.73. The van der Waals surface area contributed by atoms with Crippen LogP contribution >= 0.6 is 22.9 Å². The molecular weight excluding hydrogens is 325 g/mol. The summed E-state index contributed by atoms with van der Waals surface area (Å²) in [6.07, 6.45) is -0.592. The molecule has 0 aliphatic carbocycles. The molecule has 6 heteroatoms. The number of ether oxygens (including phenoxy) is 1. The molecule has 2 N–H and O–H groups in total. The van der Waals surface area contributed by atoms with Gasteiger partial charge in [-0.1, -0.05) is 23.7 Å². The van der Waals surface area contributed by atoms with Crippen molar-refractivity contribution in [2.24, 2.45) is 0 Å². The van der Waals surface area contributed by atoms with E-state index in [4.69, 9.17) is 16.3 Å². The Hall–Kier alpha value is -0.980. The van der Waals surface area contributed by atoms with Gasteiger partial charge in [0.15, 0.2) is 0 Å². The lowest BCUT2D eigenvalue weighted by molar-refractivity contribution is -0.897. The number of halogens is 2. The summed E-state index contributed by atoms with van der Waals surface area (Å²) >= 11 is 7.64. The topological polar surface area (TPSA) is 33.9 Å². The Balaban J connectivity index is 1.75. The molecule has 1 aromatic heterocycles. The van der Waals surface area contributed by atoms with Crippen LogP contribution in [0, 0.1) is 5.82 Å². The second kappa shape index (κ2) is 8.60. The average Bonchev–Trinajstić information content (AvgIpc) is 2.96. The molecule has 2 rings (SSSR count). The highest BCUT2D eigenvalue weighted by Crippen LogP contribution is 2.17. The fraction of sp³-hybridized carbons (Fsp3) is 0.375. The van der Waals surface area contributed by atoms with Crippen molar-refractivity contribution in [2.75, 3.05) is 20.2 Å². The molecule has 1 aromatic carbocycles. The van der Waals surface area contributed by atoms with Crippen molar-refractivity contribution in [3.05, 3.63) is 57.0 Å². The van der Waals surface area contributed by atoms with E-state index in [1.54, 1.807) is 23.5 Å². The minimum absolute atomic E-state index is 0.264. The van der Waals surface area contributed by atoms with E-state index in [1.165, 1.54) is 6.07 Å². The van der Waals surface area contributed by atoms with Crippen LogP contribution in [0.4, 0.5) is 4.39 Å². The Bertz CT molecular complexity index is 559. The maximum absolute atomic E-state index is 13.7. The monoisotopic (exact) mass is 344 g/mol. The van der Waals surface area contributed by atoms with Crippen LogP contribution in [0.3, 0.4) is 0 Å². The highest BCUT2D eigenvalue weighted by Gasteiger charge is 2.16. The van der Waals surface area contributed by atoms with Gasteiger partial charge in [0, 0.05) is 4.88 Å². The number of likely N-dealkylation sites (N-methyl/N-ethyl adjacent to an activating group) is 1. The molecule has 0 saturated carbocycles. The van der Waals surface area contributed by atoms with E-state index >= 15 is 0 Å². The van der Waals surface area contributed by atoms with Gasteiger partial charge in [-0.3, -0.25) is 0 Å². The number of aliphatic hydroxyl groups excluding tert-OH is 1. The number of benzene rings is 1. The molecule has 1 unspecified atom stereocenters. The Labute approximate surface area is 138 Å². The van der Waals surface area contributed by atoms with Crippen LogP contribution in [0.2, 0.25) is 5.02 Å². The number of quaternary nitrogens is 1. The van der Waals surface area contributed by atoms with Crippen LogP contribution in [0.25, 0.3) is 0 Å². The van der Waals surface area contributed by atoms with Gasteiger partial charge in [0.2, 0.25) is 0 Å². The number of hydrogen-bond donors (Lipinski definition) is 2. The summed E-state index contributed by atoms with van der Waals surface area (Å²) in [6, 6.07) is 8.62. The molecule has 22 heavy (non-hydrogen) atoms. The lowest BCUT2D eigenvalue weighted by Crippen LogP contribution is -3.09. The van der Waals surface area contributed by atoms with Gasteiger partial charge in [-0.25, -0.2) is 4.39 Å². The lowest BCUT2D eigenvalue weighted by atomic mass is 10.2. The Morgan fingerprint density at radius 3 is 2.86 bits per heavy atom. The van der Waals surface area contributed by atoms with E-state index in [-0.39, 0.29) is 12.4 Å². The van der Waals surface area contributed by atoms with Crippen LogP contribution in [0.15, 0.2) is 35.7 Å². The lowest BCUT2D eigenvalue weighted by Gasteiger charge is -2.18. The third-order valence-electron chi connectivity index (χ3n) is 3.26. The Kier molecular flexibility index (Phi) is 6.79. The summed E-state index contributed by atoms with van der Waals surface area (Å²) < 4.78 is 19.2. The zero-order valence-electron chi connectivity index (χ0n) is 12.4. The van der Waals surface area contributed by atoms with Crippen LogP contribution in [0.1, 0.15) is 10.4 Å². The fourth-order valence-corrected chi connectivity index (χ4v) is 3.10. The third kappa shape index (κ3) is 5.34. The van der Waals surface area contributed by atoms with Crippen molar-refractivity contribution in [1.82, 2.24) is 0 Å². The SMILES string of the molecule is C[NH+](Cc1c(F)cccc1Cl)C[C@H](O)COCc1cccs1. The average molecular weight is 345 g/mol. The molecule has 0 amide bonds. The van der Waals surface area contributed by atoms with E-state index in [0.29, 0.717) is 30.3 Å². The molecule has 0 radical (unpaired) electrons. The summed E-state index contributed by atoms with van der Waals surface area (Å²) in [6.45, 7) is 1.66. The van der Waals surface area contributed by atoms with Gasteiger partial charge in [0.1, 0.15) is 25.0 Å². The smallest absolute Gasteiger partial charge is 0.133 e. The largest absolute Gasteiger partial charge is 0.385 e. The number of thiophene rings is 1. The first-order valence-corrected chi connectivity index (χ1v) is 8.34. The van der Waals surface area contributed by atoms with E-state index in [0.717, 1.165) is 9.78 Å². The highest BCUT2D eigenvalue weighted by molar-refractivity contribution is 7.09. The summed E-state index contributed by atoms with van der Waals surface area (Å²) in [5.41, 5.74) is 0.480. The predicted octanol–water partition coefficient (Wildman–Crippen LogP) is 2.13. The van der Waals surface area contributed by atoms with Gasteiger partial charge >= 0.3 is 0 Å². The maximum atomic E-state index is 13.7. The molecule has 0 aliphatic rings. The standard InChI is InChI=1S/C16H19ClFNO2S/c1-19(9-14-15(17)5-2-6-16(14)18)8-12(20)10-21-11-13-4-3-7-22-13/h2-7,12,20H,8-11H2,1H3/p+1/t12-/m0/s1. The van der Waals surface area contributed by atoms with Crippen molar-refractivity contribution >= 4 is 22.9 Å². The first kappa shape index (κ1) is 17.4. The Morgan fingerprint density at radius 1 is 1.36 bits per heavy atom. The van der Waals surface area contributed by atoms with Crippen LogP contribution < -0.4 is 4.90 Å². The van der Waals surface area contributed by atoms with Gasteiger partial charge in [-0.05, 0) is 23.6 Å². The van der Waals surface area contributed by atoms with Gasteiger partial charge in [0.25, 0.3) is 0 Å². The summed E-state index contributed by atoms with van der Waals surface area (Å²) in [5.74, 6) is -0.310. The van der Waals surface area contributed by atoms with Crippen LogP contribution in [0.5, 0.6) is 0 Å². The molecule has 0 saturated heterocycles. The first-order chi connectivity index (χ1) is 10.6. The molecule has 0 spiro atoms. The zero-order valence-corrected chi connectivity index (χ0v) is 14.0. The quantitative estimate of drug-likeness (QED) is 0.769. The Morgan fingerprint density at radius 2 is 2.18 bits per heavy atom. The van der Waals surface area contributed by atoms with Gasteiger partial charge in [-0.2, -0.15) is 0 Å². The van der Waals surface area contributed by atoms with Crippen molar-refractivity contribution in [1.29, 1.82) is 0 Å². The minimum atomic E-state index is -0.592. The second-order valence-electron chi connectivity index (χ2n) is 5.29. The maximum Gasteiger partial charge on any atom is 0.133 e. The summed E-state index contributed by atoms with van der Waals surface area (Å²) in [7, 11) is 1.89. The first-order valence-electron chi connectivity index (χ1n) is 7.08. The minimum Gasteiger partial charge on any atom is -0.385 e. The van der Waals surface area contributed by atoms with Gasteiger partial charge in [-0.15, -0.1) is 11.3 Å². The predicted molar refractivity (Wildman–Crippen MR) is 86.8 cm³/mol. The van der Waals surface area contributed by atoms with Crippen LogP contribution in [-0.2, 0) is 17.9 Å². The molecule has 2 aromatic rings. The normalized spacial score (nSPS) is 14.0. The van der Waals surface area contributed by atoms with Crippen LogP contribution in [-0.4, -0.2) is 31.4 Å². The molecule has 3 nitrogen and oxygen atoms in total. The molecule has 120 valence electrons. The number of hydrogen-bond acceptors (Lipinski definition) is 3. The van der Waals surface area contributed by atoms with Crippen molar-refractivity contribution < 1.29 is 19.1 Å². The van der Waals surface area contributed by atoms with Crippen molar-refractivity contribution in [3.8, 4) is 0 Å². The molecule has 0 aliphatic heterocycles. The third-order valence-corrected chi connectivity index (χ3v) is 4.46. The number of rotatable bonds is 8. The molecule has 1 heterocycles. The molecule has 0 fully saturated rings. The fourth-order valence-electron chi connectivity index (χ4n) is 2.23. The van der Waals surface area contributed by atoms with E-state index in [1.807, 2.05) is 24.6 Å². The van der Waals surface area contributed by atoms with E-state index in [2.05, 4.69) is 0 Å². The zero-order chi connectivity index (χ0) is 15.9. The van der Waals surface area contributed by atoms with Crippen molar-refractivity contribution in [2.45, 2.75) is 19.3 Å². The number of aliphatic hydroxyl groups is 1. The molecule has 0 bridgehead atoms. The van der Waals surface area contributed by atoms with Gasteiger partial charge < -0.3 is 14.7 Å². The van der Waals surface area contributed by atoms with E-state index in [9.17, 15) is 9.50 Å². The van der Waals surface area contributed by atoms with Gasteiger partial charge in [0.05, 0.1) is 30.8 Å². The summed E-state index contributed by atoms with van der Waals surface area (Å²) in [4.78, 5) is 2.10. The molecule has 2 atom stereocenters. The highest BCUT2D eigenvalue weighted by atomic mass is 35.5.